The average molecular weight is 309 g/mol. The molecule has 2 rings (SSSR count). The zero-order valence-electron chi connectivity index (χ0n) is 13.0. The molecule has 1 aliphatic carbocycles. The first-order valence-corrected chi connectivity index (χ1v) is 8.57. The fourth-order valence-corrected chi connectivity index (χ4v) is 4.07. The van der Waals surface area contributed by atoms with E-state index in [0.29, 0.717) is 17.4 Å². The molecule has 1 aromatic rings. The number of carbonyl (C=O) groups excluding carboxylic acids is 2. The number of carbonyl (C=O) groups is 2. The predicted octanol–water partition coefficient (Wildman–Crippen LogP) is 4.21. The Kier molecular flexibility index (Phi) is 5.51. The second-order valence-electron chi connectivity index (χ2n) is 5.64. The molecule has 0 aliphatic heterocycles. The van der Waals surface area contributed by atoms with Crippen molar-refractivity contribution in [3.63, 3.8) is 0 Å². The van der Waals surface area contributed by atoms with E-state index in [1.807, 2.05) is 0 Å². The molecule has 0 amide bonds. The molecule has 1 saturated carbocycles. The molecule has 2 unspecified atom stereocenters. The fourth-order valence-electron chi connectivity index (χ4n) is 2.97. The predicted molar refractivity (Wildman–Crippen MR) is 83.1 cm³/mol. The second kappa shape index (κ2) is 7.16. The third-order valence-electron chi connectivity index (χ3n) is 4.14. The molecule has 1 fully saturated rings. The van der Waals surface area contributed by atoms with Crippen LogP contribution in [0.1, 0.15) is 84.0 Å². The van der Waals surface area contributed by atoms with Gasteiger partial charge in [-0.1, -0.05) is 26.2 Å². The number of Topliss-reactive ketones (excluding diaryl/α,β-unsaturated/α-hetero) is 1. The van der Waals surface area contributed by atoms with E-state index in [1.165, 1.54) is 37.5 Å². The van der Waals surface area contributed by atoms with Crippen LogP contribution in [0, 0.1) is 5.92 Å². The van der Waals surface area contributed by atoms with E-state index >= 15 is 0 Å². The van der Waals surface area contributed by atoms with Gasteiger partial charge < -0.3 is 4.74 Å². The van der Waals surface area contributed by atoms with E-state index in [1.54, 1.807) is 6.92 Å². The number of ether oxygens (including phenoxy) is 1. The number of rotatable bonds is 5. The summed E-state index contributed by atoms with van der Waals surface area (Å²) in [5, 5.41) is 0.932. The highest BCUT2D eigenvalue weighted by molar-refractivity contribution is 7.14. The molecule has 0 radical (unpaired) electrons. The summed E-state index contributed by atoms with van der Waals surface area (Å²) in [6, 6.07) is 0. The minimum absolute atomic E-state index is 0.107. The Labute approximate surface area is 129 Å². The summed E-state index contributed by atoms with van der Waals surface area (Å²) >= 11 is 1.38. The molecule has 0 aromatic carbocycles. The lowest BCUT2D eigenvalue weighted by Gasteiger charge is -2.26. The van der Waals surface area contributed by atoms with Crippen LogP contribution in [0.4, 0.5) is 0 Å². The molecule has 116 valence electrons. The number of esters is 1. The van der Waals surface area contributed by atoms with Crippen LogP contribution in [0.15, 0.2) is 0 Å². The molecule has 1 aromatic heterocycles. The summed E-state index contributed by atoms with van der Waals surface area (Å²) in [7, 11) is 0. The van der Waals surface area contributed by atoms with Gasteiger partial charge in [-0.15, -0.1) is 11.3 Å². The van der Waals surface area contributed by atoms with Gasteiger partial charge in [-0.3, -0.25) is 4.79 Å². The molecule has 0 saturated heterocycles. The fraction of sp³-hybridized carbons (Fsp3) is 0.688. The zero-order valence-corrected chi connectivity index (χ0v) is 13.8. The van der Waals surface area contributed by atoms with E-state index in [-0.39, 0.29) is 11.5 Å². The van der Waals surface area contributed by atoms with Gasteiger partial charge in [-0.05, 0) is 25.7 Å². The Hall–Kier alpha value is -1.23. The smallest absolute Gasteiger partial charge is 0.358 e. The second-order valence-corrected chi connectivity index (χ2v) is 6.67. The van der Waals surface area contributed by atoms with Crippen LogP contribution in [0.2, 0.25) is 0 Å². The third kappa shape index (κ3) is 3.70. The standard InChI is InChI=1S/C16H23NO3S/c1-4-11-7-6-8-12(9-11)15-17-13(16(19)20-5-2)14(21-15)10(3)18/h11-12H,4-9H2,1-3H3. The van der Waals surface area contributed by atoms with E-state index in [2.05, 4.69) is 11.9 Å². The van der Waals surface area contributed by atoms with Crippen LogP contribution in [-0.4, -0.2) is 23.3 Å². The van der Waals surface area contributed by atoms with Crippen LogP contribution in [-0.2, 0) is 4.74 Å². The van der Waals surface area contributed by atoms with Crippen LogP contribution in [0.5, 0.6) is 0 Å². The first-order chi connectivity index (χ1) is 10.1. The SMILES string of the molecule is CCOC(=O)c1nc(C2CCCC(CC)C2)sc1C(C)=O. The average Bonchev–Trinajstić information content (AvgIpc) is 2.93. The highest BCUT2D eigenvalue weighted by Crippen LogP contribution is 2.39. The van der Waals surface area contributed by atoms with Gasteiger partial charge in [0.25, 0.3) is 0 Å². The molecule has 0 bridgehead atoms. The monoisotopic (exact) mass is 309 g/mol. The van der Waals surface area contributed by atoms with Gasteiger partial charge in [-0.2, -0.15) is 0 Å². The van der Waals surface area contributed by atoms with Crippen molar-refractivity contribution in [1.29, 1.82) is 0 Å². The summed E-state index contributed by atoms with van der Waals surface area (Å²) in [6.07, 6.45) is 5.88. The maximum atomic E-state index is 12.0. The third-order valence-corrected chi connectivity index (χ3v) is 5.46. The molecule has 2 atom stereocenters. The topological polar surface area (TPSA) is 56.3 Å². The van der Waals surface area contributed by atoms with Crippen LogP contribution in [0.25, 0.3) is 0 Å². The first-order valence-electron chi connectivity index (χ1n) is 7.75. The van der Waals surface area contributed by atoms with Gasteiger partial charge in [0, 0.05) is 12.8 Å². The Balaban J connectivity index is 2.26. The summed E-state index contributed by atoms with van der Waals surface area (Å²) in [5.74, 6) is 0.534. The number of ketones is 1. The van der Waals surface area contributed by atoms with Gasteiger partial charge in [-0.25, -0.2) is 9.78 Å². The largest absolute Gasteiger partial charge is 0.461 e. The molecular weight excluding hydrogens is 286 g/mol. The molecule has 0 spiro atoms. The lowest BCUT2D eigenvalue weighted by Crippen LogP contribution is -2.14. The van der Waals surface area contributed by atoms with Crippen molar-refractivity contribution >= 4 is 23.1 Å². The molecule has 5 heteroatoms. The van der Waals surface area contributed by atoms with E-state index in [4.69, 9.17) is 4.74 Å². The highest BCUT2D eigenvalue weighted by atomic mass is 32.1. The first kappa shape index (κ1) is 16.1. The Morgan fingerprint density at radius 1 is 1.33 bits per heavy atom. The minimum Gasteiger partial charge on any atom is -0.461 e. The van der Waals surface area contributed by atoms with E-state index in [9.17, 15) is 9.59 Å². The van der Waals surface area contributed by atoms with Crippen molar-refractivity contribution < 1.29 is 14.3 Å². The maximum Gasteiger partial charge on any atom is 0.358 e. The quantitative estimate of drug-likeness (QED) is 0.604. The molecule has 1 aliphatic rings. The van der Waals surface area contributed by atoms with Crippen molar-refractivity contribution in [2.24, 2.45) is 5.92 Å². The zero-order chi connectivity index (χ0) is 15.4. The number of thiazole rings is 1. The summed E-state index contributed by atoms with van der Waals surface area (Å²) in [5.41, 5.74) is 0.211. The maximum absolute atomic E-state index is 12.0. The van der Waals surface area contributed by atoms with Gasteiger partial charge in [0.15, 0.2) is 11.5 Å². The lowest BCUT2D eigenvalue weighted by molar-refractivity contribution is 0.0517. The summed E-state index contributed by atoms with van der Waals surface area (Å²) < 4.78 is 5.01. The Morgan fingerprint density at radius 2 is 2.10 bits per heavy atom. The van der Waals surface area contributed by atoms with Crippen molar-refractivity contribution in [3.8, 4) is 0 Å². The van der Waals surface area contributed by atoms with Crippen molar-refractivity contribution in [1.82, 2.24) is 4.98 Å². The van der Waals surface area contributed by atoms with Crippen molar-refractivity contribution in [3.05, 3.63) is 15.6 Å². The number of aromatic nitrogens is 1. The van der Waals surface area contributed by atoms with Crippen molar-refractivity contribution in [2.75, 3.05) is 6.61 Å². The van der Waals surface area contributed by atoms with Crippen molar-refractivity contribution in [2.45, 2.75) is 58.8 Å². The summed E-state index contributed by atoms with van der Waals surface area (Å²) in [4.78, 5) is 28.6. The molecule has 0 N–H and O–H groups in total. The Morgan fingerprint density at radius 3 is 2.71 bits per heavy atom. The number of hydrogen-bond acceptors (Lipinski definition) is 5. The van der Waals surface area contributed by atoms with Crippen LogP contribution in [0.3, 0.4) is 0 Å². The number of hydrogen-bond donors (Lipinski definition) is 0. The molecule has 1 heterocycles. The van der Waals surface area contributed by atoms with Gasteiger partial charge in [0.2, 0.25) is 0 Å². The van der Waals surface area contributed by atoms with E-state index < -0.39 is 5.97 Å². The summed E-state index contributed by atoms with van der Waals surface area (Å²) in [6.45, 7) is 5.76. The van der Waals surface area contributed by atoms with Crippen LogP contribution >= 0.6 is 11.3 Å². The highest BCUT2D eigenvalue weighted by Gasteiger charge is 2.29. The molecule has 21 heavy (non-hydrogen) atoms. The molecular formula is C16H23NO3S. The minimum atomic E-state index is -0.479. The van der Waals surface area contributed by atoms with E-state index in [0.717, 1.165) is 23.8 Å². The van der Waals surface area contributed by atoms with Gasteiger partial charge in [0.1, 0.15) is 4.88 Å². The van der Waals surface area contributed by atoms with Gasteiger partial charge >= 0.3 is 5.97 Å². The Bertz CT molecular complexity index is 524. The normalized spacial score (nSPS) is 22.0. The van der Waals surface area contributed by atoms with Crippen LogP contribution < -0.4 is 0 Å². The lowest BCUT2D eigenvalue weighted by atomic mass is 9.80. The number of nitrogens with zero attached hydrogens (tertiary/aromatic N) is 1. The van der Waals surface area contributed by atoms with Gasteiger partial charge in [0.05, 0.1) is 11.6 Å². The molecule has 4 nitrogen and oxygen atoms in total.